The summed E-state index contributed by atoms with van der Waals surface area (Å²) in [4.78, 5) is 12.2. The molecule has 0 unspecified atom stereocenters. The fourth-order valence-electron chi connectivity index (χ4n) is 2.01. The first-order valence-corrected chi connectivity index (χ1v) is 5.16. The summed E-state index contributed by atoms with van der Waals surface area (Å²) in [5, 5.41) is 15.9. The molecule has 0 aliphatic carbocycles. The van der Waals surface area contributed by atoms with Gasteiger partial charge in [-0.1, -0.05) is 0 Å². The highest BCUT2D eigenvalue weighted by atomic mass is 16.4. The standard InChI is InChI=1S/C10H15N3O2/c1-7-6-9(12-11-7)8-2-4-13(5-3-8)10(14)15/h6,8H,2-5H2,1H3,(H,11,12)(H,14,15). The molecule has 1 fully saturated rings. The van der Waals surface area contributed by atoms with Gasteiger partial charge in [0.2, 0.25) is 0 Å². The maximum Gasteiger partial charge on any atom is 0.407 e. The van der Waals surface area contributed by atoms with Crippen molar-refractivity contribution >= 4 is 6.09 Å². The van der Waals surface area contributed by atoms with Crippen molar-refractivity contribution in [3.63, 3.8) is 0 Å². The van der Waals surface area contributed by atoms with E-state index in [2.05, 4.69) is 10.2 Å². The second-order valence-corrected chi connectivity index (χ2v) is 4.02. The predicted octanol–water partition coefficient (Wildman–Crippen LogP) is 1.58. The van der Waals surface area contributed by atoms with Crippen LogP contribution in [0, 0.1) is 6.92 Å². The molecule has 5 nitrogen and oxygen atoms in total. The minimum Gasteiger partial charge on any atom is -0.465 e. The third-order valence-electron chi connectivity index (χ3n) is 2.91. The number of nitrogens with zero attached hydrogens (tertiary/aromatic N) is 2. The minimum atomic E-state index is -0.813. The number of piperidine rings is 1. The van der Waals surface area contributed by atoms with Crippen LogP contribution < -0.4 is 0 Å². The highest BCUT2D eigenvalue weighted by Crippen LogP contribution is 2.26. The number of aromatic nitrogens is 2. The zero-order valence-corrected chi connectivity index (χ0v) is 8.73. The molecule has 0 bridgehead atoms. The summed E-state index contributed by atoms with van der Waals surface area (Å²) in [5.41, 5.74) is 2.13. The van der Waals surface area contributed by atoms with Crippen LogP contribution in [0.3, 0.4) is 0 Å². The Morgan fingerprint density at radius 1 is 1.60 bits per heavy atom. The van der Waals surface area contributed by atoms with Gasteiger partial charge in [-0.25, -0.2) is 4.79 Å². The third-order valence-corrected chi connectivity index (χ3v) is 2.91. The van der Waals surface area contributed by atoms with Crippen LogP contribution in [-0.4, -0.2) is 39.4 Å². The summed E-state index contributed by atoms with van der Waals surface area (Å²) >= 11 is 0. The smallest absolute Gasteiger partial charge is 0.407 e. The molecular weight excluding hydrogens is 194 g/mol. The van der Waals surface area contributed by atoms with Gasteiger partial charge >= 0.3 is 6.09 Å². The van der Waals surface area contributed by atoms with Gasteiger partial charge in [-0.05, 0) is 25.8 Å². The van der Waals surface area contributed by atoms with Gasteiger partial charge in [-0.15, -0.1) is 0 Å². The number of likely N-dealkylation sites (tertiary alicyclic amines) is 1. The number of H-pyrrole nitrogens is 1. The lowest BCUT2D eigenvalue weighted by Gasteiger charge is -2.28. The molecule has 1 aromatic heterocycles. The molecule has 1 aliphatic heterocycles. The van der Waals surface area contributed by atoms with Crippen LogP contribution in [0.1, 0.15) is 30.1 Å². The molecule has 0 atom stereocenters. The van der Waals surface area contributed by atoms with E-state index in [4.69, 9.17) is 5.11 Å². The Hall–Kier alpha value is -1.52. The molecule has 2 N–H and O–H groups in total. The lowest BCUT2D eigenvalue weighted by Crippen LogP contribution is -2.36. The first-order valence-electron chi connectivity index (χ1n) is 5.16. The molecule has 2 rings (SSSR count). The lowest BCUT2D eigenvalue weighted by atomic mass is 9.94. The number of nitrogens with one attached hydrogen (secondary N) is 1. The first kappa shape index (κ1) is 10.0. The molecule has 82 valence electrons. The zero-order chi connectivity index (χ0) is 10.8. The molecule has 0 saturated carbocycles. The van der Waals surface area contributed by atoms with Crippen LogP contribution in [-0.2, 0) is 0 Å². The minimum absolute atomic E-state index is 0.408. The van der Waals surface area contributed by atoms with Gasteiger partial charge in [0.05, 0.1) is 5.69 Å². The average molecular weight is 209 g/mol. The Kier molecular flexibility index (Phi) is 2.62. The summed E-state index contributed by atoms with van der Waals surface area (Å²) in [5.74, 6) is 0.408. The molecule has 1 aliphatic rings. The Morgan fingerprint density at radius 3 is 2.73 bits per heavy atom. The van der Waals surface area contributed by atoms with Gasteiger partial charge in [0, 0.05) is 24.7 Å². The van der Waals surface area contributed by atoms with Gasteiger partial charge in [-0.2, -0.15) is 5.10 Å². The van der Waals surface area contributed by atoms with Crippen molar-refractivity contribution in [2.75, 3.05) is 13.1 Å². The number of aromatic amines is 1. The molecule has 2 heterocycles. The van der Waals surface area contributed by atoms with Crippen molar-refractivity contribution in [2.24, 2.45) is 0 Å². The molecule has 5 heteroatoms. The number of amides is 1. The lowest BCUT2D eigenvalue weighted by molar-refractivity contribution is 0.131. The van der Waals surface area contributed by atoms with E-state index in [1.54, 1.807) is 0 Å². The average Bonchev–Trinajstić information content (AvgIpc) is 2.65. The number of carbonyl (C=O) groups is 1. The van der Waals surface area contributed by atoms with Crippen LogP contribution in [0.4, 0.5) is 4.79 Å². The molecule has 1 aromatic rings. The molecule has 1 saturated heterocycles. The fourth-order valence-corrected chi connectivity index (χ4v) is 2.01. The summed E-state index contributed by atoms with van der Waals surface area (Å²) in [6.07, 6.45) is 0.930. The van der Waals surface area contributed by atoms with E-state index in [9.17, 15) is 4.79 Å². The van der Waals surface area contributed by atoms with Crippen LogP contribution in [0.15, 0.2) is 6.07 Å². The van der Waals surface area contributed by atoms with Crippen molar-refractivity contribution in [2.45, 2.75) is 25.7 Å². The summed E-state index contributed by atoms with van der Waals surface area (Å²) in [6, 6.07) is 2.04. The van der Waals surface area contributed by atoms with Crippen LogP contribution >= 0.6 is 0 Å². The number of carboxylic acid groups (broad SMARTS) is 1. The topological polar surface area (TPSA) is 69.2 Å². The Morgan fingerprint density at radius 2 is 2.27 bits per heavy atom. The monoisotopic (exact) mass is 209 g/mol. The molecule has 15 heavy (non-hydrogen) atoms. The van der Waals surface area contributed by atoms with Crippen molar-refractivity contribution in [3.8, 4) is 0 Å². The van der Waals surface area contributed by atoms with E-state index < -0.39 is 6.09 Å². The van der Waals surface area contributed by atoms with E-state index in [0.29, 0.717) is 19.0 Å². The zero-order valence-electron chi connectivity index (χ0n) is 8.73. The van der Waals surface area contributed by atoms with Gasteiger partial charge in [0.15, 0.2) is 0 Å². The number of hydrogen-bond donors (Lipinski definition) is 2. The van der Waals surface area contributed by atoms with Gasteiger partial charge in [0.1, 0.15) is 0 Å². The Labute approximate surface area is 88.1 Å². The second-order valence-electron chi connectivity index (χ2n) is 4.02. The summed E-state index contributed by atoms with van der Waals surface area (Å²) in [7, 11) is 0. The molecule has 0 aromatic carbocycles. The van der Waals surface area contributed by atoms with Crippen LogP contribution in [0.2, 0.25) is 0 Å². The number of aryl methyl sites for hydroxylation is 1. The second kappa shape index (κ2) is 3.92. The number of rotatable bonds is 1. The molecule has 1 amide bonds. The van der Waals surface area contributed by atoms with E-state index >= 15 is 0 Å². The quantitative estimate of drug-likeness (QED) is 0.737. The highest BCUT2D eigenvalue weighted by molar-refractivity contribution is 5.65. The third kappa shape index (κ3) is 2.11. The van der Waals surface area contributed by atoms with Crippen molar-refractivity contribution < 1.29 is 9.90 Å². The Balaban J connectivity index is 1.96. The summed E-state index contributed by atoms with van der Waals surface area (Å²) in [6.45, 7) is 3.21. The van der Waals surface area contributed by atoms with Crippen molar-refractivity contribution in [1.29, 1.82) is 0 Å². The summed E-state index contributed by atoms with van der Waals surface area (Å²) < 4.78 is 0. The van der Waals surface area contributed by atoms with Crippen molar-refractivity contribution in [1.82, 2.24) is 15.1 Å². The van der Waals surface area contributed by atoms with Gasteiger partial charge in [-0.3, -0.25) is 5.10 Å². The normalized spacial score (nSPS) is 18.1. The largest absolute Gasteiger partial charge is 0.465 e. The predicted molar refractivity (Wildman–Crippen MR) is 54.9 cm³/mol. The highest BCUT2D eigenvalue weighted by Gasteiger charge is 2.24. The van der Waals surface area contributed by atoms with E-state index in [1.807, 2.05) is 13.0 Å². The maximum atomic E-state index is 10.7. The molecular formula is C10H15N3O2. The number of hydrogen-bond acceptors (Lipinski definition) is 2. The molecule has 0 spiro atoms. The van der Waals surface area contributed by atoms with Gasteiger partial charge in [0.25, 0.3) is 0 Å². The molecule has 0 radical (unpaired) electrons. The van der Waals surface area contributed by atoms with Gasteiger partial charge < -0.3 is 10.0 Å². The fraction of sp³-hybridized carbons (Fsp3) is 0.600. The van der Waals surface area contributed by atoms with E-state index in [0.717, 1.165) is 24.2 Å². The van der Waals surface area contributed by atoms with E-state index in [1.165, 1.54) is 4.90 Å². The van der Waals surface area contributed by atoms with Crippen LogP contribution in [0.5, 0.6) is 0 Å². The SMILES string of the molecule is Cc1cc(C2CCN(C(=O)O)CC2)n[nH]1. The van der Waals surface area contributed by atoms with Crippen molar-refractivity contribution in [3.05, 3.63) is 17.5 Å². The van der Waals surface area contributed by atoms with Crippen LogP contribution in [0.25, 0.3) is 0 Å². The first-order chi connectivity index (χ1) is 7.16. The maximum absolute atomic E-state index is 10.7. The van der Waals surface area contributed by atoms with E-state index in [-0.39, 0.29) is 0 Å². The Bertz CT molecular complexity index is 353.